The molecule has 67 heavy (non-hydrogen) atoms. The van der Waals surface area contributed by atoms with Gasteiger partial charge in [-0.25, -0.2) is 0 Å². The Morgan fingerprint density at radius 1 is 0.284 bits per heavy atom. The van der Waals surface area contributed by atoms with E-state index in [1.165, 1.54) is 54.8 Å². The van der Waals surface area contributed by atoms with Crippen LogP contribution in [0.2, 0.25) is 0 Å². The fourth-order valence-electron chi connectivity index (χ4n) is 10.1. The lowest BCUT2D eigenvalue weighted by atomic mass is 9.98. The summed E-state index contributed by atoms with van der Waals surface area (Å²) in [5.74, 6) is 0. The Morgan fingerprint density at radius 3 is 1.40 bits per heavy atom. The van der Waals surface area contributed by atoms with Crippen LogP contribution in [0.3, 0.4) is 0 Å². The SMILES string of the molecule is c1cc(-c2ccc(N(c3ccc(-c4ccc(-c5cccc(-n6c7ccccc7c7ccccc76)c5)cc4)cc3)c3cccc4ccccc34)cc2)cc(-c2ccc3c(c2)oc2ccccc23)c1. The number of rotatable bonds is 8. The third-order valence-corrected chi connectivity index (χ3v) is 13.4. The molecule has 0 amide bonds. The van der Waals surface area contributed by atoms with Crippen molar-refractivity contribution in [2.75, 3.05) is 4.90 Å². The van der Waals surface area contributed by atoms with Crippen molar-refractivity contribution in [2.24, 2.45) is 0 Å². The van der Waals surface area contributed by atoms with Gasteiger partial charge in [0.15, 0.2) is 0 Å². The van der Waals surface area contributed by atoms with E-state index in [1.807, 2.05) is 12.1 Å². The maximum absolute atomic E-state index is 6.24. The van der Waals surface area contributed by atoms with Crippen molar-refractivity contribution in [1.29, 1.82) is 0 Å². The van der Waals surface area contributed by atoms with Gasteiger partial charge in [-0.1, -0.05) is 176 Å². The first-order valence-electron chi connectivity index (χ1n) is 22.9. The third-order valence-electron chi connectivity index (χ3n) is 13.4. The number of hydrogen-bond donors (Lipinski definition) is 0. The van der Waals surface area contributed by atoms with E-state index >= 15 is 0 Å². The molecule has 11 aromatic carbocycles. The number of benzene rings is 11. The van der Waals surface area contributed by atoms with Crippen molar-refractivity contribution < 1.29 is 4.42 Å². The fourth-order valence-corrected chi connectivity index (χ4v) is 10.1. The number of hydrogen-bond acceptors (Lipinski definition) is 2. The van der Waals surface area contributed by atoms with E-state index in [0.29, 0.717) is 0 Å². The molecule has 0 bridgehead atoms. The summed E-state index contributed by atoms with van der Waals surface area (Å²) >= 11 is 0. The highest BCUT2D eigenvalue weighted by Gasteiger charge is 2.17. The third kappa shape index (κ3) is 6.76. The molecule has 2 aromatic heterocycles. The van der Waals surface area contributed by atoms with Gasteiger partial charge in [-0.3, -0.25) is 0 Å². The molecule has 314 valence electrons. The molecule has 0 saturated heterocycles. The molecule has 13 rings (SSSR count). The molecule has 2 heterocycles. The minimum atomic E-state index is 0.904. The molecule has 3 nitrogen and oxygen atoms in total. The Balaban J connectivity index is 0.806. The first-order chi connectivity index (χ1) is 33.2. The molecule has 0 atom stereocenters. The highest BCUT2D eigenvalue weighted by molar-refractivity contribution is 6.09. The quantitative estimate of drug-likeness (QED) is 0.152. The largest absolute Gasteiger partial charge is 0.456 e. The van der Waals surface area contributed by atoms with Crippen molar-refractivity contribution in [2.45, 2.75) is 0 Å². The number of furan rings is 1. The minimum Gasteiger partial charge on any atom is -0.456 e. The molecule has 0 saturated carbocycles. The van der Waals surface area contributed by atoms with Gasteiger partial charge in [-0.2, -0.15) is 0 Å². The van der Waals surface area contributed by atoms with E-state index in [0.717, 1.165) is 66.9 Å². The molecule has 0 aliphatic carbocycles. The Labute approximate surface area is 388 Å². The van der Waals surface area contributed by atoms with Gasteiger partial charge in [0.25, 0.3) is 0 Å². The number of anilines is 3. The predicted molar refractivity (Wildman–Crippen MR) is 282 cm³/mol. The second-order valence-electron chi connectivity index (χ2n) is 17.3. The second kappa shape index (κ2) is 16.0. The van der Waals surface area contributed by atoms with Crippen LogP contribution in [-0.4, -0.2) is 4.57 Å². The van der Waals surface area contributed by atoms with Crippen molar-refractivity contribution in [3.8, 4) is 50.2 Å². The molecule has 0 unspecified atom stereocenters. The van der Waals surface area contributed by atoms with Gasteiger partial charge in [-0.05, 0) is 129 Å². The lowest BCUT2D eigenvalue weighted by molar-refractivity contribution is 0.669. The summed E-state index contributed by atoms with van der Waals surface area (Å²) in [6, 6.07) is 91.9. The van der Waals surface area contributed by atoms with E-state index in [-0.39, 0.29) is 0 Å². The summed E-state index contributed by atoms with van der Waals surface area (Å²) in [5.41, 5.74) is 18.0. The Hall–Kier alpha value is -8.92. The monoisotopic (exact) mass is 854 g/mol. The summed E-state index contributed by atoms with van der Waals surface area (Å²) in [6.07, 6.45) is 0. The topological polar surface area (TPSA) is 21.3 Å². The average Bonchev–Trinajstić information content (AvgIpc) is 3.95. The van der Waals surface area contributed by atoms with Crippen LogP contribution in [0.1, 0.15) is 0 Å². The van der Waals surface area contributed by atoms with Crippen LogP contribution in [0.5, 0.6) is 0 Å². The molecule has 0 aliphatic heterocycles. The molecule has 3 heteroatoms. The normalized spacial score (nSPS) is 11.6. The van der Waals surface area contributed by atoms with E-state index in [9.17, 15) is 0 Å². The van der Waals surface area contributed by atoms with Crippen molar-refractivity contribution in [1.82, 2.24) is 4.57 Å². The molecule has 0 N–H and O–H groups in total. The summed E-state index contributed by atoms with van der Waals surface area (Å²) in [4.78, 5) is 2.38. The Morgan fingerprint density at radius 2 is 0.731 bits per heavy atom. The lowest BCUT2D eigenvalue weighted by Crippen LogP contribution is -2.10. The number of para-hydroxylation sites is 3. The van der Waals surface area contributed by atoms with E-state index < -0.39 is 0 Å². The van der Waals surface area contributed by atoms with E-state index in [4.69, 9.17) is 4.42 Å². The summed E-state index contributed by atoms with van der Waals surface area (Å²) in [5, 5.41) is 7.22. The van der Waals surface area contributed by atoms with Gasteiger partial charge in [-0.15, -0.1) is 0 Å². The van der Waals surface area contributed by atoms with Crippen LogP contribution in [0.15, 0.2) is 259 Å². The molecular weight excluding hydrogens is 813 g/mol. The zero-order valence-electron chi connectivity index (χ0n) is 36.6. The van der Waals surface area contributed by atoms with E-state index in [1.54, 1.807) is 0 Å². The maximum Gasteiger partial charge on any atom is 0.136 e. The van der Waals surface area contributed by atoms with Gasteiger partial charge in [0.1, 0.15) is 11.2 Å². The molecule has 0 fully saturated rings. The van der Waals surface area contributed by atoms with Gasteiger partial charge >= 0.3 is 0 Å². The molecule has 0 spiro atoms. The highest BCUT2D eigenvalue weighted by Crippen LogP contribution is 2.41. The smallest absolute Gasteiger partial charge is 0.136 e. The van der Waals surface area contributed by atoms with Crippen molar-refractivity contribution in [3.63, 3.8) is 0 Å². The van der Waals surface area contributed by atoms with Crippen LogP contribution in [0.25, 0.3) is 105 Å². The van der Waals surface area contributed by atoms with Gasteiger partial charge in [0.2, 0.25) is 0 Å². The number of aromatic nitrogens is 1. The van der Waals surface area contributed by atoms with Gasteiger partial charge in [0.05, 0.1) is 16.7 Å². The first kappa shape index (κ1) is 38.5. The second-order valence-corrected chi connectivity index (χ2v) is 17.3. The van der Waals surface area contributed by atoms with Crippen molar-refractivity contribution >= 4 is 71.6 Å². The zero-order chi connectivity index (χ0) is 44.3. The Bertz CT molecular complexity index is 3910. The number of fused-ring (bicyclic) bond motifs is 7. The first-order valence-corrected chi connectivity index (χ1v) is 22.9. The molecule has 0 radical (unpaired) electrons. The van der Waals surface area contributed by atoms with Crippen LogP contribution in [0, 0.1) is 0 Å². The predicted octanol–water partition coefficient (Wildman–Crippen LogP) is 18.0. The molecule has 13 aromatic rings. The van der Waals surface area contributed by atoms with E-state index in [2.05, 4.69) is 252 Å². The Kier molecular flexibility index (Phi) is 9.17. The summed E-state index contributed by atoms with van der Waals surface area (Å²) < 4.78 is 8.62. The van der Waals surface area contributed by atoms with Crippen molar-refractivity contribution in [3.05, 3.63) is 255 Å². The zero-order valence-corrected chi connectivity index (χ0v) is 36.6. The lowest BCUT2D eigenvalue weighted by Gasteiger charge is -2.27. The maximum atomic E-state index is 6.24. The van der Waals surface area contributed by atoms with Gasteiger partial charge in [0, 0.05) is 44.0 Å². The molecule has 0 aliphatic rings. The van der Waals surface area contributed by atoms with Gasteiger partial charge < -0.3 is 13.9 Å². The standard InChI is InChI=1S/C64H42N2O/c1-2-18-55-47(12-1)13-11-24-60(55)65(53-37-32-46(33-38-53)48-14-9-15-49(40-48)51-34-39-59-58-21-5-8-25-63(58)67-64(59)42-51)52-35-30-44(31-36-52)43-26-28-45(29-27-43)50-16-10-17-54(41-50)66-61-22-6-3-19-56(61)57-20-4-7-23-62(57)66/h1-42H. The van der Waals surface area contributed by atoms with Crippen LogP contribution < -0.4 is 4.90 Å². The van der Waals surface area contributed by atoms with Crippen LogP contribution in [-0.2, 0) is 0 Å². The number of nitrogens with zero attached hydrogens (tertiary/aromatic N) is 2. The highest BCUT2D eigenvalue weighted by atomic mass is 16.3. The average molecular weight is 855 g/mol. The minimum absolute atomic E-state index is 0.904. The van der Waals surface area contributed by atoms with Crippen LogP contribution >= 0.6 is 0 Å². The molecular formula is C64H42N2O. The van der Waals surface area contributed by atoms with Crippen LogP contribution in [0.4, 0.5) is 17.1 Å². The summed E-state index contributed by atoms with van der Waals surface area (Å²) in [7, 11) is 0. The summed E-state index contributed by atoms with van der Waals surface area (Å²) in [6.45, 7) is 0. The fraction of sp³-hybridized carbons (Fsp3) is 0.